The minimum Gasteiger partial charge on any atom is -0.364 e. The fourth-order valence-electron chi connectivity index (χ4n) is 2.25. The van der Waals surface area contributed by atoms with Crippen LogP contribution in [0.3, 0.4) is 0 Å². The Hall–Kier alpha value is -1.14. The molecule has 106 valence electrons. The summed E-state index contributed by atoms with van der Waals surface area (Å²) in [4.78, 5) is 20.1. The molecule has 0 unspecified atom stereocenters. The van der Waals surface area contributed by atoms with Crippen LogP contribution in [0.1, 0.15) is 37.7 Å². The number of primary amides is 1. The molecule has 1 aliphatic heterocycles. The topological polar surface area (TPSA) is 62.5 Å². The molecule has 6 heteroatoms. The number of thiazole rings is 1. The van der Waals surface area contributed by atoms with Crippen molar-refractivity contribution in [3.8, 4) is 0 Å². The van der Waals surface area contributed by atoms with E-state index >= 15 is 0 Å². The third kappa shape index (κ3) is 3.06. The maximum atomic E-state index is 11.1. The van der Waals surface area contributed by atoms with E-state index in [0.29, 0.717) is 5.69 Å². The van der Waals surface area contributed by atoms with Gasteiger partial charge in [-0.1, -0.05) is 6.92 Å². The predicted octanol–water partition coefficient (Wildman–Crippen LogP) is 1.55. The molecular weight excluding hydrogens is 260 g/mol. The van der Waals surface area contributed by atoms with E-state index in [-0.39, 0.29) is 5.54 Å². The maximum Gasteiger partial charge on any atom is 0.268 e. The fraction of sp³-hybridized carbons (Fsp3) is 0.692. The number of carbonyl (C=O) groups is 1. The van der Waals surface area contributed by atoms with Gasteiger partial charge < -0.3 is 10.6 Å². The average molecular weight is 282 g/mol. The first-order valence-electron chi connectivity index (χ1n) is 6.69. The summed E-state index contributed by atoms with van der Waals surface area (Å²) < 4.78 is 0. The van der Waals surface area contributed by atoms with Crippen molar-refractivity contribution in [3.05, 3.63) is 11.1 Å². The number of piperazine rings is 1. The summed E-state index contributed by atoms with van der Waals surface area (Å²) in [6.07, 6.45) is 1.15. The molecule has 0 spiro atoms. The lowest BCUT2D eigenvalue weighted by atomic mass is 9.98. The lowest BCUT2D eigenvalue weighted by molar-refractivity contribution is 0.0996. The summed E-state index contributed by atoms with van der Waals surface area (Å²) in [6.45, 7) is 10.8. The van der Waals surface area contributed by atoms with Crippen LogP contribution in [0.2, 0.25) is 0 Å². The van der Waals surface area contributed by atoms with E-state index in [9.17, 15) is 4.79 Å². The number of rotatable bonds is 4. The van der Waals surface area contributed by atoms with Gasteiger partial charge in [0.1, 0.15) is 5.69 Å². The van der Waals surface area contributed by atoms with E-state index < -0.39 is 5.91 Å². The van der Waals surface area contributed by atoms with Gasteiger partial charge in [-0.3, -0.25) is 9.69 Å². The zero-order valence-corrected chi connectivity index (χ0v) is 12.7. The van der Waals surface area contributed by atoms with Gasteiger partial charge in [-0.2, -0.15) is 0 Å². The first-order chi connectivity index (χ1) is 8.94. The summed E-state index contributed by atoms with van der Waals surface area (Å²) in [5.41, 5.74) is 5.86. The molecule has 2 heterocycles. The first kappa shape index (κ1) is 14.3. The molecule has 1 aliphatic rings. The van der Waals surface area contributed by atoms with E-state index in [2.05, 4.69) is 35.6 Å². The monoisotopic (exact) mass is 282 g/mol. The van der Waals surface area contributed by atoms with Gasteiger partial charge in [-0.15, -0.1) is 11.3 Å². The molecule has 2 N–H and O–H groups in total. The summed E-state index contributed by atoms with van der Waals surface area (Å²) in [5.74, 6) is -0.451. The zero-order valence-electron chi connectivity index (χ0n) is 11.8. The van der Waals surface area contributed by atoms with E-state index in [1.165, 1.54) is 11.3 Å². The number of aromatic nitrogens is 1. The number of anilines is 1. The van der Waals surface area contributed by atoms with Crippen LogP contribution in [0, 0.1) is 0 Å². The minimum absolute atomic E-state index is 0.257. The smallest absolute Gasteiger partial charge is 0.268 e. The van der Waals surface area contributed by atoms with Gasteiger partial charge >= 0.3 is 0 Å². The predicted molar refractivity (Wildman–Crippen MR) is 78.8 cm³/mol. The van der Waals surface area contributed by atoms with E-state index in [1.54, 1.807) is 5.38 Å². The minimum atomic E-state index is -0.451. The maximum absolute atomic E-state index is 11.1. The van der Waals surface area contributed by atoms with Gasteiger partial charge in [-0.25, -0.2) is 4.98 Å². The molecule has 1 saturated heterocycles. The molecule has 0 atom stereocenters. The van der Waals surface area contributed by atoms with Crippen molar-refractivity contribution in [2.45, 2.75) is 32.7 Å². The fourth-order valence-corrected chi connectivity index (χ4v) is 3.12. The SMILES string of the molecule is CCC(C)(C)N1CCN(c2nc(C(N)=O)cs2)CC1. The largest absolute Gasteiger partial charge is 0.364 e. The molecular formula is C13H22N4OS. The number of nitrogens with zero attached hydrogens (tertiary/aromatic N) is 3. The quantitative estimate of drug-likeness (QED) is 0.910. The van der Waals surface area contributed by atoms with Gasteiger partial charge in [0, 0.05) is 37.1 Å². The van der Waals surface area contributed by atoms with Crippen LogP contribution >= 0.6 is 11.3 Å². The van der Waals surface area contributed by atoms with Crippen molar-refractivity contribution in [2.75, 3.05) is 31.1 Å². The average Bonchev–Trinajstić information content (AvgIpc) is 2.88. The Morgan fingerprint density at radius 1 is 1.42 bits per heavy atom. The number of hydrogen-bond acceptors (Lipinski definition) is 5. The molecule has 1 amide bonds. The third-order valence-electron chi connectivity index (χ3n) is 4.02. The van der Waals surface area contributed by atoms with Crippen LogP contribution in [-0.2, 0) is 0 Å². The van der Waals surface area contributed by atoms with Crippen molar-refractivity contribution in [1.82, 2.24) is 9.88 Å². The second-order valence-electron chi connectivity index (χ2n) is 5.52. The van der Waals surface area contributed by atoms with Gasteiger partial charge in [0.2, 0.25) is 0 Å². The highest BCUT2D eigenvalue weighted by molar-refractivity contribution is 7.13. The number of carbonyl (C=O) groups excluding carboxylic acids is 1. The molecule has 2 rings (SSSR count). The van der Waals surface area contributed by atoms with Crippen LogP contribution in [0.15, 0.2) is 5.38 Å². The number of amides is 1. The molecule has 0 bridgehead atoms. The summed E-state index contributed by atoms with van der Waals surface area (Å²) >= 11 is 1.49. The van der Waals surface area contributed by atoms with Gasteiger partial charge in [0.15, 0.2) is 5.13 Å². The lowest BCUT2D eigenvalue weighted by Gasteiger charge is -2.43. The van der Waals surface area contributed by atoms with Crippen molar-refractivity contribution < 1.29 is 4.79 Å². The van der Waals surface area contributed by atoms with Crippen LogP contribution in [0.5, 0.6) is 0 Å². The summed E-state index contributed by atoms with van der Waals surface area (Å²) in [6, 6.07) is 0. The lowest BCUT2D eigenvalue weighted by Crippen LogP contribution is -2.54. The Morgan fingerprint density at radius 3 is 2.53 bits per heavy atom. The van der Waals surface area contributed by atoms with Crippen molar-refractivity contribution in [2.24, 2.45) is 5.73 Å². The molecule has 1 aromatic heterocycles. The van der Waals surface area contributed by atoms with E-state index in [0.717, 1.165) is 37.7 Å². The Balaban J connectivity index is 1.98. The second kappa shape index (κ2) is 5.46. The van der Waals surface area contributed by atoms with Gasteiger partial charge in [0.25, 0.3) is 5.91 Å². The molecule has 1 aromatic rings. The Morgan fingerprint density at radius 2 is 2.05 bits per heavy atom. The number of nitrogens with two attached hydrogens (primary N) is 1. The second-order valence-corrected chi connectivity index (χ2v) is 6.36. The molecule has 19 heavy (non-hydrogen) atoms. The highest BCUT2D eigenvalue weighted by atomic mass is 32.1. The van der Waals surface area contributed by atoms with Crippen LogP contribution in [0.25, 0.3) is 0 Å². The highest BCUT2D eigenvalue weighted by Crippen LogP contribution is 2.25. The highest BCUT2D eigenvalue weighted by Gasteiger charge is 2.29. The van der Waals surface area contributed by atoms with Crippen LogP contribution < -0.4 is 10.6 Å². The number of hydrogen-bond donors (Lipinski definition) is 1. The van der Waals surface area contributed by atoms with Crippen LogP contribution in [0.4, 0.5) is 5.13 Å². The molecule has 0 radical (unpaired) electrons. The Labute approximate surface area is 118 Å². The van der Waals surface area contributed by atoms with Gasteiger partial charge in [-0.05, 0) is 20.3 Å². The zero-order chi connectivity index (χ0) is 14.0. The van der Waals surface area contributed by atoms with Crippen molar-refractivity contribution >= 4 is 22.4 Å². The molecule has 0 aromatic carbocycles. The van der Waals surface area contributed by atoms with Crippen molar-refractivity contribution in [3.63, 3.8) is 0 Å². The molecule has 5 nitrogen and oxygen atoms in total. The van der Waals surface area contributed by atoms with Crippen molar-refractivity contribution in [1.29, 1.82) is 0 Å². The normalized spacial score (nSPS) is 17.7. The van der Waals surface area contributed by atoms with E-state index in [4.69, 9.17) is 5.73 Å². The summed E-state index contributed by atoms with van der Waals surface area (Å²) in [5, 5.41) is 2.64. The third-order valence-corrected chi connectivity index (χ3v) is 4.92. The Kier molecular flexibility index (Phi) is 4.10. The standard InChI is InChI=1S/C13H22N4OS/c1-4-13(2,3)17-7-5-16(6-8-17)12-15-10(9-19-12)11(14)18/h9H,4-8H2,1-3H3,(H2,14,18). The molecule has 0 saturated carbocycles. The molecule has 0 aliphatic carbocycles. The summed E-state index contributed by atoms with van der Waals surface area (Å²) in [7, 11) is 0. The van der Waals surface area contributed by atoms with Gasteiger partial charge in [0.05, 0.1) is 0 Å². The molecule has 1 fully saturated rings. The van der Waals surface area contributed by atoms with Crippen LogP contribution in [-0.4, -0.2) is 47.5 Å². The Bertz CT molecular complexity index is 449. The van der Waals surface area contributed by atoms with E-state index in [1.807, 2.05) is 0 Å². The first-order valence-corrected chi connectivity index (χ1v) is 7.57.